The van der Waals surface area contributed by atoms with Crippen LogP contribution in [0.2, 0.25) is 0 Å². The standard InChI is InChI=1S/C17H33NO3S/c18-15(14-22)16(19)12-10-8-6-4-2-1-3-5-7-9-11-13-17(20)21/h15,22H,1-14,18H2,(H,20,21). The summed E-state index contributed by atoms with van der Waals surface area (Å²) >= 11 is 4.03. The second-order valence-electron chi connectivity index (χ2n) is 6.04. The molecule has 1 atom stereocenters. The molecule has 0 aliphatic heterocycles. The van der Waals surface area contributed by atoms with Crippen LogP contribution in [0.1, 0.15) is 83.5 Å². The number of aliphatic carboxylic acids is 1. The molecule has 22 heavy (non-hydrogen) atoms. The van der Waals surface area contributed by atoms with E-state index in [4.69, 9.17) is 10.8 Å². The van der Waals surface area contributed by atoms with Gasteiger partial charge in [0.05, 0.1) is 6.04 Å². The van der Waals surface area contributed by atoms with Crippen molar-refractivity contribution in [1.82, 2.24) is 0 Å². The largest absolute Gasteiger partial charge is 0.481 e. The fourth-order valence-electron chi connectivity index (χ4n) is 2.45. The Labute approximate surface area is 140 Å². The minimum Gasteiger partial charge on any atom is -0.481 e. The monoisotopic (exact) mass is 331 g/mol. The van der Waals surface area contributed by atoms with Gasteiger partial charge in [-0.1, -0.05) is 57.8 Å². The Bertz CT molecular complexity index is 298. The van der Waals surface area contributed by atoms with Gasteiger partial charge in [-0.3, -0.25) is 9.59 Å². The average Bonchev–Trinajstić information content (AvgIpc) is 2.50. The highest BCUT2D eigenvalue weighted by Crippen LogP contribution is 2.12. The van der Waals surface area contributed by atoms with Crippen molar-refractivity contribution in [2.24, 2.45) is 5.73 Å². The highest BCUT2D eigenvalue weighted by atomic mass is 32.1. The molecule has 0 spiro atoms. The Kier molecular flexibility index (Phi) is 15.0. The first kappa shape index (κ1) is 21.4. The molecule has 0 aromatic rings. The predicted octanol–water partition coefficient (Wildman–Crippen LogP) is 3.97. The zero-order valence-corrected chi connectivity index (χ0v) is 14.7. The maximum atomic E-state index is 11.5. The molecular formula is C17H33NO3S. The summed E-state index contributed by atoms with van der Waals surface area (Å²) in [5.74, 6) is -0.109. The summed E-state index contributed by atoms with van der Waals surface area (Å²) in [6, 6.07) is -0.390. The van der Waals surface area contributed by atoms with Crippen molar-refractivity contribution in [2.75, 3.05) is 5.75 Å². The van der Waals surface area contributed by atoms with Crippen LogP contribution >= 0.6 is 12.6 Å². The molecule has 0 aliphatic carbocycles. The quantitative estimate of drug-likeness (QED) is 0.295. The number of nitrogens with two attached hydrogens (primary N) is 1. The molecule has 0 saturated carbocycles. The van der Waals surface area contributed by atoms with Gasteiger partial charge in [0.15, 0.2) is 0 Å². The first-order chi connectivity index (χ1) is 10.6. The highest BCUT2D eigenvalue weighted by molar-refractivity contribution is 7.80. The lowest BCUT2D eigenvalue weighted by Crippen LogP contribution is -2.31. The van der Waals surface area contributed by atoms with E-state index >= 15 is 0 Å². The van der Waals surface area contributed by atoms with E-state index in [1.165, 1.54) is 38.5 Å². The number of unbranched alkanes of at least 4 members (excludes halogenated alkanes) is 10. The van der Waals surface area contributed by atoms with Gasteiger partial charge < -0.3 is 10.8 Å². The summed E-state index contributed by atoms with van der Waals surface area (Å²) in [4.78, 5) is 21.8. The molecule has 0 bridgehead atoms. The summed E-state index contributed by atoms with van der Waals surface area (Å²) < 4.78 is 0. The normalized spacial score (nSPS) is 12.3. The van der Waals surface area contributed by atoms with Crippen LogP contribution in [0.4, 0.5) is 0 Å². The topological polar surface area (TPSA) is 80.4 Å². The fourth-order valence-corrected chi connectivity index (χ4v) is 2.66. The number of hydrogen-bond acceptors (Lipinski definition) is 4. The van der Waals surface area contributed by atoms with E-state index in [9.17, 15) is 9.59 Å². The first-order valence-electron chi connectivity index (χ1n) is 8.69. The van der Waals surface area contributed by atoms with E-state index in [1.54, 1.807) is 0 Å². The van der Waals surface area contributed by atoms with Crippen LogP contribution < -0.4 is 5.73 Å². The van der Waals surface area contributed by atoms with E-state index in [0.717, 1.165) is 32.1 Å². The van der Waals surface area contributed by atoms with Gasteiger partial charge in [0.2, 0.25) is 0 Å². The summed E-state index contributed by atoms with van der Waals surface area (Å²) in [5, 5.41) is 8.52. The van der Waals surface area contributed by atoms with Gasteiger partial charge in [-0.05, 0) is 12.8 Å². The van der Waals surface area contributed by atoms with Crippen LogP contribution in [0.5, 0.6) is 0 Å². The third kappa shape index (κ3) is 14.4. The second-order valence-corrected chi connectivity index (χ2v) is 6.40. The van der Waals surface area contributed by atoms with Gasteiger partial charge in [-0.2, -0.15) is 12.6 Å². The molecule has 0 heterocycles. The number of carboxylic acids is 1. The molecule has 5 heteroatoms. The predicted molar refractivity (Wildman–Crippen MR) is 94.5 cm³/mol. The smallest absolute Gasteiger partial charge is 0.303 e. The van der Waals surface area contributed by atoms with E-state index in [0.29, 0.717) is 18.6 Å². The van der Waals surface area contributed by atoms with Crippen molar-refractivity contribution >= 4 is 24.4 Å². The maximum Gasteiger partial charge on any atom is 0.303 e. The molecule has 0 radical (unpaired) electrons. The minimum atomic E-state index is -0.686. The maximum absolute atomic E-state index is 11.5. The molecule has 0 fully saturated rings. The van der Waals surface area contributed by atoms with Gasteiger partial charge >= 0.3 is 5.97 Å². The fraction of sp³-hybridized carbons (Fsp3) is 0.882. The summed E-state index contributed by atoms with van der Waals surface area (Å²) in [7, 11) is 0. The third-order valence-corrected chi connectivity index (χ3v) is 4.32. The number of carbonyl (C=O) groups is 2. The van der Waals surface area contributed by atoms with Crippen molar-refractivity contribution in [3.8, 4) is 0 Å². The van der Waals surface area contributed by atoms with Crippen molar-refractivity contribution in [3.63, 3.8) is 0 Å². The van der Waals surface area contributed by atoms with E-state index in [1.807, 2.05) is 0 Å². The number of rotatable bonds is 16. The van der Waals surface area contributed by atoms with Crippen molar-refractivity contribution < 1.29 is 14.7 Å². The van der Waals surface area contributed by atoms with Gasteiger partial charge in [-0.25, -0.2) is 0 Å². The number of carbonyl (C=O) groups excluding carboxylic acids is 1. The molecule has 0 aliphatic rings. The van der Waals surface area contributed by atoms with Gasteiger partial charge in [0, 0.05) is 18.6 Å². The molecule has 0 rings (SSSR count). The molecule has 0 aromatic heterocycles. The number of ketones is 1. The molecule has 1 unspecified atom stereocenters. The van der Waals surface area contributed by atoms with Crippen LogP contribution in [-0.2, 0) is 9.59 Å². The molecule has 0 saturated heterocycles. The van der Waals surface area contributed by atoms with Crippen LogP contribution in [0, 0.1) is 0 Å². The number of Topliss-reactive ketones (excluding diaryl/α,β-unsaturated/α-hetero) is 1. The Balaban J connectivity index is 3.14. The number of hydrogen-bond donors (Lipinski definition) is 3. The average molecular weight is 332 g/mol. The lowest BCUT2D eigenvalue weighted by molar-refractivity contribution is -0.137. The van der Waals surface area contributed by atoms with Crippen molar-refractivity contribution in [3.05, 3.63) is 0 Å². The highest BCUT2D eigenvalue weighted by Gasteiger charge is 2.10. The van der Waals surface area contributed by atoms with Gasteiger partial charge in [-0.15, -0.1) is 0 Å². The Morgan fingerprint density at radius 3 is 1.50 bits per heavy atom. The van der Waals surface area contributed by atoms with Crippen LogP contribution in [0.25, 0.3) is 0 Å². The molecule has 0 amide bonds. The van der Waals surface area contributed by atoms with Crippen molar-refractivity contribution in [1.29, 1.82) is 0 Å². The summed E-state index contributed by atoms with van der Waals surface area (Å²) in [6.07, 6.45) is 13.4. The molecular weight excluding hydrogens is 298 g/mol. The lowest BCUT2D eigenvalue weighted by atomic mass is 10.0. The summed E-state index contributed by atoms with van der Waals surface area (Å²) in [5.41, 5.74) is 5.62. The first-order valence-corrected chi connectivity index (χ1v) is 9.32. The van der Waals surface area contributed by atoms with Crippen molar-refractivity contribution in [2.45, 2.75) is 89.5 Å². The Hall–Kier alpha value is -0.550. The molecule has 3 N–H and O–H groups in total. The van der Waals surface area contributed by atoms with E-state index in [2.05, 4.69) is 12.6 Å². The van der Waals surface area contributed by atoms with Crippen LogP contribution in [0.15, 0.2) is 0 Å². The van der Waals surface area contributed by atoms with Gasteiger partial charge in [0.25, 0.3) is 0 Å². The second kappa shape index (κ2) is 15.3. The minimum absolute atomic E-state index is 0.137. The van der Waals surface area contributed by atoms with E-state index < -0.39 is 5.97 Å². The molecule has 0 aromatic carbocycles. The molecule has 4 nitrogen and oxygen atoms in total. The van der Waals surface area contributed by atoms with Crippen LogP contribution in [-0.4, -0.2) is 28.7 Å². The zero-order chi connectivity index (χ0) is 16.6. The van der Waals surface area contributed by atoms with Crippen LogP contribution in [0.3, 0.4) is 0 Å². The third-order valence-electron chi connectivity index (χ3n) is 3.92. The summed E-state index contributed by atoms with van der Waals surface area (Å²) in [6.45, 7) is 0. The molecule has 130 valence electrons. The Morgan fingerprint density at radius 2 is 1.14 bits per heavy atom. The Morgan fingerprint density at radius 1 is 0.773 bits per heavy atom. The number of thiol groups is 1. The van der Waals surface area contributed by atoms with Gasteiger partial charge in [0.1, 0.15) is 5.78 Å². The van der Waals surface area contributed by atoms with E-state index in [-0.39, 0.29) is 11.8 Å². The lowest BCUT2D eigenvalue weighted by Gasteiger charge is -2.06. The zero-order valence-electron chi connectivity index (χ0n) is 13.8. The number of carboxylic acid groups (broad SMARTS) is 1. The SMILES string of the molecule is NC(CS)C(=O)CCCCCCCCCCCCCC(=O)O.